The van der Waals surface area contributed by atoms with Crippen molar-refractivity contribution in [2.75, 3.05) is 13.1 Å². The third-order valence-corrected chi connectivity index (χ3v) is 4.75. The third-order valence-electron chi connectivity index (χ3n) is 4.07. The first-order valence-corrected chi connectivity index (χ1v) is 9.76. The molecule has 0 saturated carbocycles. The van der Waals surface area contributed by atoms with Crippen LogP contribution in [0.5, 0.6) is 0 Å². The van der Waals surface area contributed by atoms with Gasteiger partial charge >= 0.3 is 12.1 Å². The lowest BCUT2D eigenvalue weighted by Gasteiger charge is -2.32. The molecular weight excluding hydrogens is 370 g/mol. The van der Waals surface area contributed by atoms with Gasteiger partial charge in [-0.15, -0.1) is 0 Å². The number of amides is 1. The van der Waals surface area contributed by atoms with E-state index in [0.29, 0.717) is 31.8 Å². The van der Waals surface area contributed by atoms with Gasteiger partial charge in [0.25, 0.3) is 5.89 Å². The van der Waals surface area contributed by atoms with E-state index in [0.717, 1.165) is 5.56 Å². The van der Waals surface area contributed by atoms with Crippen molar-refractivity contribution in [3.05, 3.63) is 22.7 Å². The van der Waals surface area contributed by atoms with Crippen LogP contribution in [-0.2, 0) is 20.9 Å². The summed E-state index contributed by atoms with van der Waals surface area (Å²) in [5.74, 6) is 0.181. The highest BCUT2D eigenvalue weighted by molar-refractivity contribution is 7.08. The molecule has 3 heterocycles. The van der Waals surface area contributed by atoms with E-state index in [-0.39, 0.29) is 30.5 Å². The number of ether oxygens (including phenoxy) is 2. The Hall–Kier alpha value is -2.42. The second-order valence-corrected chi connectivity index (χ2v) is 8.15. The number of carbonyl (C=O) groups excluding carboxylic acids is 2. The van der Waals surface area contributed by atoms with Crippen LogP contribution in [0.1, 0.15) is 39.5 Å². The number of hydrogen-bond acceptors (Lipinski definition) is 8. The van der Waals surface area contributed by atoms with Crippen molar-refractivity contribution in [2.24, 2.45) is 5.92 Å². The summed E-state index contributed by atoms with van der Waals surface area (Å²) >= 11 is 1.54. The standard InChI is InChI=1S/C18H23N3O5S/c1-18(2,3)25-17(23)21-7-4-12(5-8-21)16(22)24-10-14-19-15(20-26-14)13-6-9-27-11-13/h6,9,11-12H,4-5,7-8,10H2,1-3H3. The lowest BCUT2D eigenvalue weighted by molar-refractivity contribution is -0.152. The highest BCUT2D eigenvalue weighted by Crippen LogP contribution is 2.22. The van der Waals surface area contributed by atoms with Crippen LogP contribution in [0.4, 0.5) is 4.79 Å². The van der Waals surface area contributed by atoms with Crippen molar-refractivity contribution in [2.45, 2.75) is 45.8 Å². The summed E-state index contributed by atoms with van der Waals surface area (Å²) in [7, 11) is 0. The van der Waals surface area contributed by atoms with E-state index in [1.54, 1.807) is 16.2 Å². The molecule has 8 nitrogen and oxygen atoms in total. The molecule has 1 fully saturated rings. The number of aromatic nitrogens is 2. The normalized spacial score (nSPS) is 15.6. The van der Waals surface area contributed by atoms with Crippen LogP contribution in [0.15, 0.2) is 21.3 Å². The molecule has 0 N–H and O–H groups in total. The summed E-state index contributed by atoms with van der Waals surface area (Å²) in [6.45, 7) is 6.38. The Balaban J connectivity index is 1.44. The molecule has 9 heteroatoms. The molecule has 0 atom stereocenters. The van der Waals surface area contributed by atoms with E-state index in [1.807, 2.05) is 37.6 Å². The maximum Gasteiger partial charge on any atom is 0.410 e. The minimum absolute atomic E-state index is 0.0533. The van der Waals surface area contributed by atoms with Crippen LogP contribution in [0.25, 0.3) is 11.4 Å². The van der Waals surface area contributed by atoms with E-state index < -0.39 is 5.60 Å². The van der Waals surface area contributed by atoms with Crippen LogP contribution in [-0.4, -0.2) is 45.8 Å². The lowest BCUT2D eigenvalue weighted by atomic mass is 9.97. The van der Waals surface area contributed by atoms with Crippen molar-refractivity contribution in [3.8, 4) is 11.4 Å². The van der Waals surface area contributed by atoms with Gasteiger partial charge in [0.15, 0.2) is 6.61 Å². The van der Waals surface area contributed by atoms with Crippen LogP contribution in [0, 0.1) is 5.92 Å². The molecule has 0 unspecified atom stereocenters. The van der Waals surface area contributed by atoms with Crippen molar-refractivity contribution >= 4 is 23.4 Å². The number of rotatable bonds is 4. The highest BCUT2D eigenvalue weighted by Gasteiger charge is 2.31. The Bertz CT molecular complexity index is 773. The second kappa shape index (κ2) is 8.08. The lowest BCUT2D eigenvalue weighted by Crippen LogP contribution is -2.43. The molecule has 146 valence electrons. The summed E-state index contributed by atoms with van der Waals surface area (Å²) in [6, 6.07) is 1.89. The second-order valence-electron chi connectivity index (χ2n) is 7.37. The maximum absolute atomic E-state index is 12.3. The van der Waals surface area contributed by atoms with Gasteiger partial charge in [0.2, 0.25) is 5.82 Å². The molecule has 27 heavy (non-hydrogen) atoms. The molecule has 2 aromatic heterocycles. The van der Waals surface area contributed by atoms with E-state index >= 15 is 0 Å². The van der Waals surface area contributed by atoms with Gasteiger partial charge in [-0.25, -0.2) is 4.79 Å². The average molecular weight is 393 g/mol. The molecule has 0 bridgehead atoms. The van der Waals surface area contributed by atoms with Gasteiger partial charge in [-0.05, 0) is 45.1 Å². The van der Waals surface area contributed by atoms with Crippen molar-refractivity contribution in [3.63, 3.8) is 0 Å². The molecule has 0 radical (unpaired) electrons. The zero-order valence-electron chi connectivity index (χ0n) is 15.6. The molecule has 0 spiro atoms. The van der Waals surface area contributed by atoms with Crippen molar-refractivity contribution < 1.29 is 23.6 Å². The number of hydrogen-bond donors (Lipinski definition) is 0. The fourth-order valence-electron chi connectivity index (χ4n) is 2.70. The zero-order chi connectivity index (χ0) is 19.4. The number of nitrogens with zero attached hydrogens (tertiary/aromatic N) is 3. The minimum atomic E-state index is -0.529. The average Bonchev–Trinajstić information content (AvgIpc) is 3.29. The van der Waals surface area contributed by atoms with Gasteiger partial charge in [-0.3, -0.25) is 4.79 Å². The van der Waals surface area contributed by atoms with Gasteiger partial charge in [0.05, 0.1) is 5.92 Å². The van der Waals surface area contributed by atoms with Gasteiger partial charge in [-0.2, -0.15) is 16.3 Å². The molecular formula is C18H23N3O5S. The summed E-state index contributed by atoms with van der Waals surface area (Å²) < 4.78 is 15.8. The Morgan fingerprint density at radius 1 is 1.33 bits per heavy atom. The highest BCUT2D eigenvalue weighted by atomic mass is 32.1. The van der Waals surface area contributed by atoms with Gasteiger partial charge in [0.1, 0.15) is 5.60 Å². The molecule has 0 aromatic carbocycles. The number of carbonyl (C=O) groups is 2. The zero-order valence-corrected chi connectivity index (χ0v) is 16.5. The Kier molecular flexibility index (Phi) is 5.79. The first kappa shape index (κ1) is 19.3. The van der Waals surface area contributed by atoms with Crippen LogP contribution >= 0.6 is 11.3 Å². The van der Waals surface area contributed by atoms with Crippen molar-refractivity contribution in [1.82, 2.24) is 15.0 Å². The number of thiophene rings is 1. The largest absolute Gasteiger partial charge is 0.455 e. The third kappa shape index (κ3) is 5.29. The monoisotopic (exact) mass is 393 g/mol. The Morgan fingerprint density at radius 3 is 2.70 bits per heavy atom. The Morgan fingerprint density at radius 2 is 2.07 bits per heavy atom. The van der Waals surface area contributed by atoms with Crippen LogP contribution < -0.4 is 0 Å². The van der Waals surface area contributed by atoms with E-state index in [4.69, 9.17) is 14.0 Å². The van der Waals surface area contributed by atoms with Crippen LogP contribution in [0.3, 0.4) is 0 Å². The Labute approximate surface area is 161 Å². The predicted octanol–water partition coefficient (Wildman–Crippen LogP) is 3.49. The number of likely N-dealkylation sites (tertiary alicyclic amines) is 1. The first-order chi connectivity index (χ1) is 12.8. The van der Waals surface area contributed by atoms with Gasteiger partial charge < -0.3 is 18.9 Å². The predicted molar refractivity (Wildman–Crippen MR) is 97.9 cm³/mol. The SMILES string of the molecule is CC(C)(C)OC(=O)N1CCC(C(=O)OCc2nc(-c3ccsc3)no2)CC1. The molecule has 1 amide bonds. The van der Waals surface area contributed by atoms with Crippen LogP contribution in [0.2, 0.25) is 0 Å². The topological polar surface area (TPSA) is 94.8 Å². The van der Waals surface area contributed by atoms with E-state index in [9.17, 15) is 9.59 Å². The van der Waals surface area contributed by atoms with Gasteiger partial charge in [-0.1, -0.05) is 5.16 Å². The number of esters is 1. The summed E-state index contributed by atoms with van der Waals surface area (Å²) in [5.41, 5.74) is 0.342. The fraction of sp³-hybridized carbons (Fsp3) is 0.556. The summed E-state index contributed by atoms with van der Waals surface area (Å²) in [5, 5.41) is 7.72. The molecule has 1 aliphatic heterocycles. The van der Waals surface area contributed by atoms with Crippen molar-refractivity contribution in [1.29, 1.82) is 0 Å². The summed E-state index contributed by atoms with van der Waals surface area (Å²) in [4.78, 5) is 30.2. The first-order valence-electron chi connectivity index (χ1n) is 8.81. The minimum Gasteiger partial charge on any atom is -0.455 e. The molecule has 0 aliphatic carbocycles. The molecule has 3 rings (SSSR count). The maximum atomic E-state index is 12.3. The molecule has 2 aromatic rings. The quantitative estimate of drug-likeness (QED) is 0.734. The van der Waals surface area contributed by atoms with E-state index in [1.165, 1.54) is 0 Å². The summed E-state index contributed by atoms with van der Waals surface area (Å²) in [6.07, 6.45) is 0.741. The fourth-order valence-corrected chi connectivity index (χ4v) is 3.33. The molecule has 1 saturated heterocycles. The number of piperidine rings is 1. The van der Waals surface area contributed by atoms with E-state index in [2.05, 4.69) is 10.1 Å². The van der Waals surface area contributed by atoms with Gasteiger partial charge in [0, 0.05) is 24.0 Å². The smallest absolute Gasteiger partial charge is 0.410 e. The molecule has 1 aliphatic rings.